The average Bonchev–Trinajstić information content (AvgIpc) is 2.75. The number of fused-ring (bicyclic) bond motifs is 4. The molecule has 3 aliphatic heterocycles. The van der Waals surface area contributed by atoms with E-state index in [0.717, 1.165) is 12.8 Å². The second-order valence-electron chi connectivity index (χ2n) is 7.09. The minimum absolute atomic E-state index is 0.0179. The summed E-state index contributed by atoms with van der Waals surface area (Å²) in [6.45, 7) is 5.13. The van der Waals surface area contributed by atoms with Gasteiger partial charge in [-0.25, -0.2) is 4.79 Å². The van der Waals surface area contributed by atoms with E-state index in [2.05, 4.69) is 4.98 Å². The van der Waals surface area contributed by atoms with Crippen LogP contribution in [-0.2, 0) is 9.53 Å². The Hall–Kier alpha value is -2.35. The number of amides is 2. The maximum absolute atomic E-state index is 13.1. The Morgan fingerprint density at radius 3 is 2.62 bits per heavy atom. The van der Waals surface area contributed by atoms with Crippen LogP contribution in [-0.4, -0.2) is 77.1 Å². The molecule has 0 spiro atoms. The van der Waals surface area contributed by atoms with E-state index in [1.807, 2.05) is 4.90 Å². The molecule has 142 valence electrons. The number of aromatic carboxylic acids is 1. The van der Waals surface area contributed by atoms with Crippen LogP contribution in [0.15, 0.2) is 0 Å². The number of ether oxygens (including phenoxy) is 1. The number of aromatic amines is 1. The number of carboxylic acids is 1. The zero-order chi connectivity index (χ0) is 19.0. The van der Waals surface area contributed by atoms with Crippen molar-refractivity contribution in [3.63, 3.8) is 0 Å². The van der Waals surface area contributed by atoms with Crippen molar-refractivity contribution in [2.45, 2.75) is 32.7 Å². The van der Waals surface area contributed by atoms with Crippen LogP contribution in [0.25, 0.3) is 0 Å². The number of nitrogens with zero attached hydrogens (tertiary/aromatic N) is 2. The molecule has 8 nitrogen and oxygen atoms in total. The summed E-state index contributed by atoms with van der Waals surface area (Å²) in [5.41, 5.74) is 1.36. The lowest BCUT2D eigenvalue weighted by atomic mass is 9.94. The SMILES string of the molecule is COCCN1C(=O)[C@@H]2CC[C@H]1CN(C(=O)c1[nH]c(C)c(C(=O)O)c1C)C2. The molecule has 2 amide bonds. The van der Waals surface area contributed by atoms with E-state index in [1.54, 1.807) is 25.9 Å². The molecule has 8 heteroatoms. The first-order chi connectivity index (χ1) is 12.3. The predicted molar refractivity (Wildman–Crippen MR) is 93.2 cm³/mol. The lowest BCUT2D eigenvalue weighted by Crippen LogP contribution is -2.49. The van der Waals surface area contributed by atoms with Crippen molar-refractivity contribution in [2.24, 2.45) is 5.92 Å². The molecule has 0 aliphatic carbocycles. The summed E-state index contributed by atoms with van der Waals surface area (Å²) in [4.78, 5) is 43.6. The number of methoxy groups -OCH3 is 1. The Kier molecular flexibility index (Phi) is 5.04. The van der Waals surface area contributed by atoms with E-state index < -0.39 is 5.97 Å². The minimum atomic E-state index is -1.05. The molecule has 0 radical (unpaired) electrons. The Morgan fingerprint density at radius 1 is 1.27 bits per heavy atom. The molecule has 3 fully saturated rings. The van der Waals surface area contributed by atoms with Crippen molar-refractivity contribution in [2.75, 3.05) is 33.4 Å². The molecule has 2 N–H and O–H groups in total. The Labute approximate surface area is 152 Å². The van der Waals surface area contributed by atoms with Gasteiger partial charge in [0.2, 0.25) is 5.91 Å². The second-order valence-corrected chi connectivity index (χ2v) is 7.09. The quantitative estimate of drug-likeness (QED) is 0.814. The van der Waals surface area contributed by atoms with Gasteiger partial charge in [-0.2, -0.15) is 0 Å². The van der Waals surface area contributed by atoms with Gasteiger partial charge in [-0.05, 0) is 32.3 Å². The van der Waals surface area contributed by atoms with E-state index in [1.165, 1.54) is 0 Å². The van der Waals surface area contributed by atoms with Gasteiger partial charge in [-0.1, -0.05) is 0 Å². The summed E-state index contributed by atoms with van der Waals surface area (Å²) >= 11 is 0. The fourth-order valence-electron chi connectivity index (χ4n) is 4.13. The molecule has 26 heavy (non-hydrogen) atoms. The number of piperidine rings is 1. The van der Waals surface area contributed by atoms with Crippen LogP contribution in [0.1, 0.15) is 44.9 Å². The third-order valence-corrected chi connectivity index (χ3v) is 5.48. The topological polar surface area (TPSA) is 103 Å². The zero-order valence-electron chi connectivity index (χ0n) is 15.4. The number of carbonyl (C=O) groups is 3. The lowest BCUT2D eigenvalue weighted by Gasteiger charge is -2.35. The van der Waals surface area contributed by atoms with Gasteiger partial charge in [0.25, 0.3) is 5.91 Å². The van der Waals surface area contributed by atoms with Crippen molar-refractivity contribution < 1.29 is 24.2 Å². The van der Waals surface area contributed by atoms with Crippen LogP contribution in [0, 0.1) is 19.8 Å². The number of carboxylic acid groups (broad SMARTS) is 1. The van der Waals surface area contributed by atoms with E-state index >= 15 is 0 Å². The van der Waals surface area contributed by atoms with Gasteiger partial charge in [0.15, 0.2) is 0 Å². The van der Waals surface area contributed by atoms with Crippen LogP contribution in [0.2, 0.25) is 0 Å². The minimum Gasteiger partial charge on any atom is -0.478 e. The Morgan fingerprint density at radius 2 is 2.00 bits per heavy atom. The predicted octanol–water partition coefficient (Wildman–Crippen LogP) is 1.04. The van der Waals surface area contributed by atoms with E-state index in [4.69, 9.17) is 4.74 Å². The van der Waals surface area contributed by atoms with E-state index in [0.29, 0.717) is 43.2 Å². The summed E-state index contributed by atoms with van der Waals surface area (Å²) in [6, 6.07) is -0.0179. The van der Waals surface area contributed by atoms with Crippen LogP contribution in [0.5, 0.6) is 0 Å². The molecular weight excluding hydrogens is 338 g/mol. The summed E-state index contributed by atoms with van der Waals surface area (Å²) in [7, 11) is 1.60. The van der Waals surface area contributed by atoms with Crippen molar-refractivity contribution in [1.29, 1.82) is 0 Å². The first-order valence-electron chi connectivity index (χ1n) is 8.86. The van der Waals surface area contributed by atoms with Crippen molar-refractivity contribution >= 4 is 17.8 Å². The highest BCUT2D eigenvalue weighted by Gasteiger charge is 2.42. The average molecular weight is 363 g/mol. The molecular formula is C18H25N3O5. The highest BCUT2D eigenvalue weighted by Crippen LogP contribution is 2.30. The Bertz CT molecular complexity index is 741. The zero-order valence-corrected chi connectivity index (χ0v) is 15.4. The van der Waals surface area contributed by atoms with Crippen molar-refractivity contribution in [3.8, 4) is 0 Å². The maximum Gasteiger partial charge on any atom is 0.337 e. The fourth-order valence-corrected chi connectivity index (χ4v) is 4.13. The van der Waals surface area contributed by atoms with E-state index in [9.17, 15) is 19.5 Å². The number of rotatable bonds is 5. The number of aryl methyl sites for hydroxylation is 1. The molecule has 4 heterocycles. The molecule has 0 aromatic carbocycles. The lowest BCUT2D eigenvalue weighted by molar-refractivity contribution is -0.140. The number of nitrogens with one attached hydrogen (secondary N) is 1. The molecule has 2 bridgehead atoms. The molecule has 0 unspecified atom stereocenters. The summed E-state index contributed by atoms with van der Waals surface area (Å²) in [5, 5.41) is 9.33. The van der Waals surface area contributed by atoms with Gasteiger partial charge in [-0.15, -0.1) is 0 Å². The van der Waals surface area contributed by atoms with Gasteiger partial charge >= 0.3 is 5.97 Å². The van der Waals surface area contributed by atoms with Gasteiger partial charge < -0.3 is 24.6 Å². The molecule has 0 saturated carbocycles. The monoisotopic (exact) mass is 363 g/mol. The molecule has 3 saturated heterocycles. The highest BCUT2D eigenvalue weighted by molar-refractivity contribution is 6.00. The third-order valence-electron chi connectivity index (χ3n) is 5.48. The molecule has 4 rings (SSSR count). The largest absolute Gasteiger partial charge is 0.478 e. The first kappa shape index (κ1) is 18.4. The molecule has 1 aromatic heterocycles. The van der Waals surface area contributed by atoms with Crippen LogP contribution in [0.4, 0.5) is 0 Å². The number of H-pyrrole nitrogens is 1. The number of carbonyl (C=O) groups excluding carboxylic acids is 2. The number of hydrogen-bond acceptors (Lipinski definition) is 4. The van der Waals surface area contributed by atoms with Gasteiger partial charge in [0.05, 0.1) is 18.1 Å². The van der Waals surface area contributed by atoms with Crippen molar-refractivity contribution in [1.82, 2.24) is 14.8 Å². The van der Waals surface area contributed by atoms with Crippen LogP contribution >= 0.6 is 0 Å². The number of aromatic nitrogens is 1. The normalized spacial score (nSPS) is 22.7. The third kappa shape index (κ3) is 3.09. The standard InChI is InChI=1S/C18H25N3O5/c1-10-14(18(24)25)11(2)19-15(10)17(23)20-8-12-4-5-13(9-20)21(16(12)22)6-7-26-3/h12-13,19H,4-9H2,1-3H3,(H,24,25)/t12-,13+/m1/s1. The Balaban J connectivity index is 1.85. The van der Waals surface area contributed by atoms with Gasteiger partial charge in [0, 0.05) is 38.5 Å². The molecule has 3 aliphatic rings. The van der Waals surface area contributed by atoms with E-state index in [-0.39, 0.29) is 29.3 Å². The molecule has 1 aromatic rings. The smallest absolute Gasteiger partial charge is 0.337 e. The first-order valence-corrected chi connectivity index (χ1v) is 8.86. The maximum atomic E-state index is 13.1. The highest BCUT2D eigenvalue weighted by atomic mass is 16.5. The fraction of sp³-hybridized carbons (Fsp3) is 0.611. The van der Waals surface area contributed by atoms with Crippen LogP contribution in [0.3, 0.4) is 0 Å². The summed E-state index contributed by atoms with van der Waals surface area (Å²) in [6.07, 6.45) is 1.65. The van der Waals surface area contributed by atoms with Gasteiger partial charge in [-0.3, -0.25) is 9.59 Å². The number of hydrogen-bond donors (Lipinski definition) is 2. The van der Waals surface area contributed by atoms with Crippen LogP contribution < -0.4 is 0 Å². The van der Waals surface area contributed by atoms with Gasteiger partial charge in [0.1, 0.15) is 5.69 Å². The summed E-state index contributed by atoms with van der Waals surface area (Å²) < 4.78 is 5.10. The molecule has 2 atom stereocenters. The summed E-state index contributed by atoms with van der Waals surface area (Å²) in [5.74, 6) is -1.41. The second kappa shape index (κ2) is 7.11. The van der Waals surface area contributed by atoms with Crippen molar-refractivity contribution in [3.05, 3.63) is 22.5 Å².